The van der Waals surface area contributed by atoms with E-state index in [1.165, 1.54) is 5.56 Å². The van der Waals surface area contributed by atoms with E-state index in [1.54, 1.807) is 12.4 Å². The van der Waals surface area contributed by atoms with Crippen LogP contribution in [0.2, 0.25) is 0 Å². The summed E-state index contributed by atoms with van der Waals surface area (Å²) in [7, 11) is 0. The Morgan fingerprint density at radius 1 is 1.60 bits per heavy atom. The topological polar surface area (TPSA) is 83.5 Å². The first-order chi connectivity index (χ1) is 7.24. The van der Waals surface area contributed by atoms with E-state index in [0.29, 0.717) is 13.0 Å². The maximum atomic E-state index is 8.34. The highest BCUT2D eigenvalue weighted by atomic mass is 16.4. The van der Waals surface area contributed by atoms with Crippen LogP contribution >= 0.6 is 0 Å². The Labute approximate surface area is 89.0 Å². The van der Waals surface area contributed by atoms with Gasteiger partial charge in [0.05, 0.1) is 0 Å². The van der Waals surface area contributed by atoms with Crippen molar-refractivity contribution in [2.75, 3.05) is 6.54 Å². The van der Waals surface area contributed by atoms with E-state index in [0.717, 1.165) is 0 Å². The number of nitrogens with two attached hydrogens (primary N) is 1. The molecular formula is C10H16N4O. The Bertz CT molecular complexity index is 312. The molecule has 15 heavy (non-hydrogen) atoms. The fourth-order valence-electron chi connectivity index (χ4n) is 1.24. The summed E-state index contributed by atoms with van der Waals surface area (Å²) < 4.78 is 0. The first-order valence-electron chi connectivity index (χ1n) is 4.83. The average molecular weight is 208 g/mol. The van der Waals surface area contributed by atoms with Gasteiger partial charge < -0.3 is 16.3 Å². The number of rotatable bonds is 5. The molecule has 4 N–H and O–H groups in total. The zero-order chi connectivity index (χ0) is 11.1. The lowest BCUT2D eigenvalue weighted by Gasteiger charge is -2.13. The van der Waals surface area contributed by atoms with Crippen LogP contribution in [0.15, 0.2) is 29.7 Å². The average Bonchev–Trinajstić information content (AvgIpc) is 2.29. The standard InChI is InChI=1S/C10H16N4O/c1-8(9-2-5-12-6-3-9)13-7-4-10(11)14-15/h2-3,5-6,8,13,15H,4,7H2,1H3,(H2,11,14)/t8-/m0/s1. The molecule has 0 aromatic carbocycles. The lowest BCUT2D eigenvalue weighted by atomic mass is 10.1. The van der Waals surface area contributed by atoms with E-state index < -0.39 is 0 Å². The minimum absolute atomic E-state index is 0.236. The van der Waals surface area contributed by atoms with Crippen LogP contribution in [-0.2, 0) is 0 Å². The summed E-state index contributed by atoms with van der Waals surface area (Å²) >= 11 is 0. The van der Waals surface area contributed by atoms with E-state index in [-0.39, 0.29) is 11.9 Å². The van der Waals surface area contributed by atoms with Crippen molar-refractivity contribution >= 4 is 5.84 Å². The minimum atomic E-state index is 0.236. The normalized spacial score (nSPS) is 13.8. The first-order valence-corrected chi connectivity index (χ1v) is 4.83. The van der Waals surface area contributed by atoms with Gasteiger partial charge >= 0.3 is 0 Å². The predicted molar refractivity (Wildman–Crippen MR) is 58.7 cm³/mol. The summed E-state index contributed by atoms with van der Waals surface area (Å²) in [5.74, 6) is 0.240. The highest BCUT2D eigenvalue weighted by molar-refractivity contribution is 5.79. The van der Waals surface area contributed by atoms with E-state index in [4.69, 9.17) is 10.9 Å². The van der Waals surface area contributed by atoms with Gasteiger partial charge in [-0.15, -0.1) is 0 Å². The molecular weight excluding hydrogens is 192 g/mol. The molecule has 0 amide bonds. The number of nitrogens with one attached hydrogen (secondary N) is 1. The van der Waals surface area contributed by atoms with Crippen LogP contribution in [0, 0.1) is 0 Å². The van der Waals surface area contributed by atoms with E-state index in [1.807, 2.05) is 12.1 Å². The lowest BCUT2D eigenvalue weighted by molar-refractivity contribution is 0.316. The molecule has 0 bridgehead atoms. The molecule has 82 valence electrons. The molecule has 0 spiro atoms. The monoisotopic (exact) mass is 208 g/mol. The molecule has 5 heteroatoms. The van der Waals surface area contributed by atoms with Gasteiger partial charge in [0.25, 0.3) is 0 Å². The van der Waals surface area contributed by atoms with Gasteiger partial charge in [-0.3, -0.25) is 4.98 Å². The van der Waals surface area contributed by atoms with Gasteiger partial charge in [0.15, 0.2) is 0 Å². The van der Waals surface area contributed by atoms with Crippen molar-refractivity contribution in [3.05, 3.63) is 30.1 Å². The summed E-state index contributed by atoms with van der Waals surface area (Å²) in [4.78, 5) is 3.95. The zero-order valence-corrected chi connectivity index (χ0v) is 8.72. The molecule has 1 aromatic heterocycles. The molecule has 0 aliphatic carbocycles. The van der Waals surface area contributed by atoms with Crippen molar-refractivity contribution in [1.29, 1.82) is 0 Å². The summed E-state index contributed by atoms with van der Waals surface area (Å²) in [5.41, 5.74) is 6.52. The maximum Gasteiger partial charge on any atom is 0.140 e. The Balaban J connectivity index is 2.34. The first kappa shape index (κ1) is 11.5. The van der Waals surface area contributed by atoms with E-state index >= 15 is 0 Å². The van der Waals surface area contributed by atoms with Gasteiger partial charge in [0.2, 0.25) is 0 Å². The van der Waals surface area contributed by atoms with Crippen LogP contribution in [0.4, 0.5) is 0 Å². The van der Waals surface area contributed by atoms with E-state index in [9.17, 15) is 0 Å². The van der Waals surface area contributed by atoms with Crippen LogP contribution in [0.1, 0.15) is 24.9 Å². The highest BCUT2D eigenvalue weighted by Crippen LogP contribution is 2.09. The molecule has 0 saturated heterocycles. The number of pyridine rings is 1. The molecule has 0 radical (unpaired) electrons. The van der Waals surface area contributed by atoms with Crippen molar-refractivity contribution in [3.63, 3.8) is 0 Å². The number of aromatic nitrogens is 1. The Hall–Kier alpha value is -1.62. The number of nitrogens with zero attached hydrogens (tertiary/aromatic N) is 2. The molecule has 0 aliphatic heterocycles. The van der Waals surface area contributed by atoms with Crippen LogP contribution in [0.5, 0.6) is 0 Å². The zero-order valence-electron chi connectivity index (χ0n) is 8.72. The van der Waals surface area contributed by atoms with Gasteiger partial charge in [-0.2, -0.15) is 0 Å². The van der Waals surface area contributed by atoms with Crippen molar-refractivity contribution < 1.29 is 5.21 Å². The maximum absolute atomic E-state index is 8.34. The molecule has 0 fully saturated rings. The van der Waals surface area contributed by atoms with Gasteiger partial charge in [0, 0.05) is 31.4 Å². The summed E-state index contributed by atoms with van der Waals surface area (Å²) in [5, 5.41) is 14.5. The largest absolute Gasteiger partial charge is 0.409 e. The Morgan fingerprint density at radius 3 is 2.87 bits per heavy atom. The molecule has 0 unspecified atom stereocenters. The van der Waals surface area contributed by atoms with Crippen molar-refractivity contribution in [3.8, 4) is 0 Å². The van der Waals surface area contributed by atoms with Crippen LogP contribution in [0.25, 0.3) is 0 Å². The van der Waals surface area contributed by atoms with Crippen LogP contribution in [-0.4, -0.2) is 22.6 Å². The highest BCUT2D eigenvalue weighted by Gasteiger charge is 2.03. The van der Waals surface area contributed by atoms with Gasteiger partial charge in [-0.05, 0) is 24.6 Å². The number of amidine groups is 1. The third kappa shape index (κ3) is 3.95. The smallest absolute Gasteiger partial charge is 0.140 e. The molecule has 0 saturated carbocycles. The third-order valence-corrected chi connectivity index (χ3v) is 2.17. The number of hydrogen-bond acceptors (Lipinski definition) is 4. The van der Waals surface area contributed by atoms with Crippen LogP contribution in [0.3, 0.4) is 0 Å². The Kier molecular flexibility index (Phi) is 4.56. The van der Waals surface area contributed by atoms with E-state index in [2.05, 4.69) is 22.4 Å². The molecule has 0 aliphatic rings. The minimum Gasteiger partial charge on any atom is -0.409 e. The molecule has 5 nitrogen and oxygen atoms in total. The SMILES string of the molecule is C[C@H](NCC/C(N)=N/O)c1ccncc1. The second-order valence-corrected chi connectivity index (χ2v) is 3.30. The van der Waals surface area contributed by atoms with Gasteiger partial charge in [0.1, 0.15) is 5.84 Å². The lowest BCUT2D eigenvalue weighted by Crippen LogP contribution is -2.24. The summed E-state index contributed by atoms with van der Waals surface area (Å²) in [6.07, 6.45) is 4.06. The number of hydrogen-bond donors (Lipinski definition) is 3. The number of oxime groups is 1. The summed E-state index contributed by atoms with van der Waals surface area (Å²) in [6, 6.07) is 4.15. The quantitative estimate of drug-likeness (QED) is 0.290. The molecule has 1 aromatic rings. The molecule has 1 atom stereocenters. The third-order valence-electron chi connectivity index (χ3n) is 2.17. The van der Waals surface area contributed by atoms with Crippen LogP contribution < -0.4 is 11.1 Å². The molecule has 1 rings (SSSR count). The second kappa shape index (κ2) is 5.98. The van der Waals surface area contributed by atoms with Crippen molar-refractivity contribution in [2.24, 2.45) is 10.9 Å². The second-order valence-electron chi connectivity index (χ2n) is 3.30. The van der Waals surface area contributed by atoms with Gasteiger partial charge in [-0.1, -0.05) is 5.16 Å². The van der Waals surface area contributed by atoms with Crippen molar-refractivity contribution in [2.45, 2.75) is 19.4 Å². The molecule has 1 heterocycles. The fraction of sp³-hybridized carbons (Fsp3) is 0.400. The Morgan fingerprint density at radius 2 is 2.27 bits per heavy atom. The summed E-state index contributed by atoms with van der Waals surface area (Å²) in [6.45, 7) is 2.74. The van der Waals surface area contributed by atoms with Gasteiger partial charge in [-0.25, -0.2) is 0 Å². The van der Waals surface area contributed by atoms with Crippen molar-refractivity contribution in [1.82, 2.24) is 10.3 Å². The fourth-order valence-corrected chi connectivity index (χ4v) is 1.24. The predicted octanol–water partition coefficient (Wildman–Crippen LogP) is 0.869.